The predicted octanol–water partition coefficient (Wildman–Crippen LogP) is 1.97. The van der Waals surface area contributed by atoms with Gasteiger partial charge in [0.1, 0.15) is 5.82 Å². The van der Waals surface area contributed by atoms with E-state index in [0.717, 1.165) is 11.8 Å². The van der Waals surface area contributed by atoms with Crippen LogP contribution in [0.25, 0.3) is 0 Å². The molecular weight excluding hydrogens is 231 g/mol. The number of carbonyl (C=O) groups is 1. The highest BCUT2D eigenvalue weighted by Gasteiger charge is 2.11. The van der Waals surface area contributed by atoms with Crippen LogP contribution >= 0.6 is 11.8 Å². The minimum absolute atomic E-state index is 0.0434. The first-order valence-corrected chi connectivity index (χ1v) is 5.84. The molecule has 0 aromatic heterocycles. The van der Waals surface area contributed by atoms with Gasteiger partial charge in [0.15, 0.2) is 0 Å². The van der Waals surface area contributed by atoms with Crippen molar-refractivity contribution in [3.63, 3.8) is 0 Å². The SMILES string of the molecule is CCOC(=O)CSc1c(F)cccc1CO. The Morgan fingerprint density at radius 2 is 2.31 bits per heavy atom. The molecule has 0 amide bonds. The summed E-state index contributed by atoms with van der Waals surface area (Å²) < 4.78 is 18.1. The van der Waals surface area contributed by atoms with E-state index in [4.69, 9.17) is 9.84 Å². The predicted molar refractivity (Wildman–Crippen MR) is 59.7 cm³/mol. The lowest BCUT2D eigenvalue weighted by Gasteiger charge is -2.07. The molecule has 88 valence electrons. The van der Waals surface area contributed by atoms with Crippen LogP contribution in [0.3, 0.4) is 0 Å². The number of aliphatic hydroxyl groups excluding tert-OH is 1. The van der Waals surface area contributed by atoms with Gasteiger partial charge in [-0.3, -0.25) is 4.79 Å². The van der Waals surface area contributed by atoms with Gasteiger partial charge in [0, 0.05) is 4.90 Å². The maximum Gasteiger partial charge on any atom is 0.316 e. The van der Waals surface area contributed by atoms with E-state index in [1.807, 2.05) is 0 Å². The number of thioether (sulfide) groups is 1. The van der Waals surface area contributed by atoms with Crippen molar-refractivity contribution >= 4 is 17.7 Å². The van der Waals surface area contributed by atoms with Crippen molar-refractivity contribution in [2.45, 2.75) is 18.4 Å². The molecule has 1 aromatic rings. The third-order valence-electron chi connectivity index (χ3n) is 1.86. The fourth-order valence-electron chi connectivity index (χ4n) is 1.17. The highest BCUT2D eigenvalue weighted by molar-refractivity contribution is 8.00. The number of halogens is 1. The van der Waals surface area contributed by atoms with Crippen molar-refractivity contribution in [1.29, 1.82) is 0 Å². The van der Waals surface area contributed by atoms with E-state index in [0.29, 0.717) is 17.1 Å². The van der Waals surface area contributed by atoms with Crippen LogP contribution in [0.1, 0.15) is 12.5 Å². The van der Waals surface area contributed by atoms with Crippen molar-refractivity contribution in [1.82, 2.24) is 0 Å². The second-order valence-corrected chi connectivity index (χ2v) is 3.97. The summed E-state index contributed by atoms with van der Waals surface area (Å²) in [5.74, 6) is -0.776. The van der Waals surface area contributed by atoms with Gasteiger partial charge in [0.2, 0.25) is 0 Å². The second kappa shape index (κ2) is 6.50. The maximum absolute atomic E-state index is 13.4. The Kier molecular flexibility index (Phi) is 5.28. The standard InChI is InChI=1S/C11H13FO3S/c1-2-15-10(14)7-16-11-8(6-13)4-3-5-9(11)12/h3-5,13H,2,6-7H2,1H3. The third-order valence-corrected chi connectivity index (χ3v) is 2.98. The molecule has 0 saturated carbocycles. The summed E-state index contributed by atoms with van der Waals surface area (Å²) in [6.45, 7) is 1.78. The summed E-state index contributed by atoms with van der Waals surface area (Å²) in [5.41, 5.74) is 0.481. The van der Waals surface area contributed by atoms with Crippen molar-refractivity contribution in [3.05, 3.63) is 29.6 Å². The third kappa shape index (κ3) is 3.50. The summed E-state index contributed by atoms with van der Waals surface area (Å²) in [7, 11) is 0. The summed E-state index contributed by atoms with van der Waals surface area (Å²) >= 11 is 1.04. The lowest BCUT2D eigenvalue weighted by molar-refractivity contribution is -0.139. The van der Waals surface area contributed by atoms with Crippen LogP contribution in [-0.4, -0.2) is 23.4 Å². The van der Waals surface area contributed by atoms with Gasteiger partial charge in [0.05, 0.1) is 19.0 Å². The van der Waals surface area contributed by atoms with Gasteiger partial charge in [-0.1, -0.05) is 12.1 Å². The maximum atomic E-state index is 13.4. The molecule has 0 bridgehead atoms. The van der Waals surface area contributed by atoms with E-state index in [2.05, 4.69) is 0 Å². The Morgan fingerprint density at radius 3 is 2.94 bits per heavy atom. The first-order valence-electron chi connectivity index (χ1n) is 4.85. The molecule has 0 radical (unpaired) electrons. The number of aliphatic hydroxyl groups is 1. The van der Waals surface area contributed by atoms with E-state index >= 15 is 0 Å². The summed E-state index contributed by atoms with van der Waals surface area (Å²) in [6, 6.07) is 4.44. The van der Waals surface area contributed by atoms with Crippen LogP contribution in [-0.2, 0) is 16.1 Å². The zero-order valence-electron chi connectivity index (χ0n) is 8.90. The largest absolute Gasteiger partial charge is 0.465 e. The second-order valence-electron chi connectivity index (χ2n) is 2.98. The number of benzene rings is 1. The van der Waals surface area contributed by atoms with Crippen molar-refractivity contribution < 1.29 is 19.0 Å². The smallest absolute Gasteiger partial charge is 0.316 e. The summed E-state index contributed by atoms with van der Waals surface area (Å²) in [6.07, 6.45) is 0. The monoisotopic (exact) mass is 244 g/mol. The Balaban J connectivity index is 2.69. The first kappa shape index (κ1) is 13.0. The molecule has 0 aliphatic heterocycles. The molecule has 0 unspecified atom stereocenters. The summed E-state index contributed by atoms with van der Waals surface area (Å²) in [5, 5.41) is 9.02. The van der Waals surface area contributed by atoms with E-state index in [1.54, 1.807) is 13.0 Å². The molecule has 1 aromatic carbocycles. The molecule has 0 spiro atoms. The van der Waals surface area contributed by atoms with E-state index in [1.165, 1.54) is 12.1 Å². The molecule has 0 heterocycles. The van der Waals surface area contributed by atoms with Crippen LogP contribution in [0.5, 0.6) is 0 Å². The fourth-order valence-corrected chi connectivity index (χ4v) is 2.04. The zero-order valence-corrected chi connectivity index (χ0v) is 9.72. The molecule has 5 heteroatoms. The normalized spacial score (nSPS) is 10.2. The zero-order chi connectivity index (χ0) is 12.0. The molecule has 16 heavy (non-hydrogen) atoms. The number of ether oxygens (including phenoxy) is 1. The molecule has 0 aliphatic carbocycles. The Morgan fingerprint density at radius 1 is 1.56 bits per heavy atom. The van der Waals surface area contributed by atoms with Crippen molar-refractivity contribution in [2.75, 3.05) is 12.4 Å². The summed E-state index contributed by atoms with van der Waals surface area (Å²) in [4.78, 5) is 11.4. The van der Waals surface area contributed by atoms with E-state index < -0.39 is 5.82 Å². The topological polar surface area (TPSA) is 46.5 Å². The molecule has 0 aliphatic rings. The van der Waals surface area contributed by atoms with Gasteiger partial charge in [-0.25, -0.2) is 4.39 Å². The molecular formula is C11H13FO3S. The highest BCUT2D eigenvalue weighted by atomic mass is 32.2. The Hall–Kier alpha value is -1.07. The van der Waals surface area contributed by atoms with Crippen LogP contribution < -0.4 is 0 Å². The lowest BCUT2D eigenvalue weighted by atomic mass is 10.2. The van der Waals surface area contributed by atoms with Gasteiger partial charge >= 0.3 is 5.97 Å². The van der Waals surface area contributed by atoms with Gasteiger partial charge in [-0.2, -0.15) is 0 Å². The van der Waals surface area contributed by atoms with Gasteiger partial charge in [0.25, 0.3) is 0 Å². The fraction of sp³-hybridized carbons (Fsp3) is 0.364. The van der Waals surface area contributed by atoms with Crippen LogP contribution in [0.15, 0.2) is 23.1 Å². The average molecular weight is 244 g/mol. The first-order chi connectivity index (χ1) is 7.69. The van der Waals surface area contributed by atoms with Crippen molar-refractivity contribution in [3.8, 4) is 0 Å². The lowest BCUT2D eigenvalue weighted by Crippen LogP contribution is -2.07. The minimum Gasteiger partial charge on any atom is -0.465 e. The Bertz CT molecular complexity index is 368. The molecule has 0 fully saturated rings. The molecule has 0 atom stereocenters. The number of carbonyl (C=O) groups excluding carboxylic acids is 1. The van der Waals surface area contributed by atoms with Crippen LogP contribution in [0.4, 0.5) is 4.39 Å². The number of rotatable bonds is 5. The van der Waals surface area contributed by atoms with Gasteiger partial charge < -0.3 is 9.84 Å². The molecule has 3 nitrogen and oxygen atoms in total. The van der Waals surface area contributed by atoms with Gasteiger partial charge in [-0.15, -0.1) is 11.8 Å². The average Bonchev–Trinajstić information content (AvgIpc) is 2.27. The van der Waals surface area contributed by atoms with Crippen LogP contribution in [0.2, 0.25) is 0 Å². The van der Waals surface area contributed by atoms with E-state index in [9.17, 15) is 9.18 Å². The van der Waals surface area contributed by atoms with Crippen molar-refractivity contribution in [2.24, 2.45) is 0 Å². The number of esters is 1. The minimum atomic E-state index is -0.430. The number of hydrogen-bond donors (Lipinski definition) is 1. The number of hydrogen-bond acceptors (Lipinski definition) is 4. The van der Waals surface area contributed by atoms with E-state index in [-0.39, 0.29) is 18.3 Å². The molecule has 1 rings (SSSR count). The highest BCUT2D eigenvalue weighted by Crippen LogP contribution is 2.26. The van der Waals surface area contributed by atoms with Crippen LogP contribution in [0, 0.1) is 5.82 Å². The molecule has 0 saturated heterocycles. The Labute approximate surface area is 97.6 Å². The van der Waals surface area contributed by atoms with Gasteiger partial charge in [-0.05, 0) is 18.6 Å². The molecule has 1 N–H and O–H groups in total. The quantitative estimate of drug-likeness (QED) is 0.635.